The van der Waals surface area contributed by atoms with Crippen LogP contribution in [0.3, 0.4) is 0 Å². The number of rotatable bonds is 1. The van der Waals surface area contributed by atoms with Crippen molar-refractivity contribution in [1.82, 2.24) is 10.2 Å². The normalized spacial score (nSPS) is 23.2. The summed E-state index contributed by atoms with van der Waals surface area (Å²) < 4.78 is 5.79. The van der Waals surface area contributed by atoms with E-state index in [-0.39, 0.29) is 30.9 Å². The number of anilines is 1. The van der Waals surface area contributed by atoms with Crippen molar-refractivity contribution in [2.24, 2.45) is 0 Å². The van der Waals surface area contributed by atoms with Crippen LogP contribution in [0.5, 0.6) is 0 Å². The summed E-state index contributed by atoms with van der Waals surface area (Å²) in [5.74, 6) is 0. The molecule has 3 aliphatic heterocycles. The first kappa shape index (κ1) is 19.3. The van der Waals surface area contributed by atoms with Gasteiger partial charge in [-0.3, -0.25) is 10.2 Å². The standard InChI is InChI=1S/C17H23N3O2.2ClH/c21-16-19-15-4-2-1-3-14(15)17(22-16)7-11-20(12-8-17)13-5-9-18-10-6-13;;/h1-4,13,18H,5-12H2,(H,19,21);2*1H. The minimum Gasteiger partial charge on any atom is -0.438 e. The van der Waals surface area contributed by atoms with E-state index in [4.69, 9.17) is 4.74 Å². The molecule has 4 rings (SSSR count). The molecule has 1 spiro atoms. The Labute approximate surface area is 155 Å². The zero-order chi connectivity index (χ0) is 15.0. The van der Waals surface area contributed by atoms with Gasteiger partial charge in [-0.25, -0.2) is 4.79 Å². The van der Waals surface area contributed by atoms with E-state index in [2.05, 4.69) is 21.6 Å². The van der Waals surface area contributed by atoms with Gasteiger partial charge >= 0.3 is 6.09 Å². The van der Waals surface area contributed by atoms with Crippen LogP contribution < -0.4 is 10.6 Å². The number of amides is 1. The van der Waals surface area contributed by atoms with Gasteiger partial charge in [-0.1, -0.05) is 18.2 Å². The van der Waals surface area contributed by atoms with Crippen molar-refractivity contribution in [3.05, 3.63) is 29.8 Å². The van der Waals surface area contributed by atoms with Crippen LogP contribution in [0.1, 0.15) is 31.2 Å². The van der Waals surface area contributed by atoms with E-state index in [1.54, 1.807) is 0 Å². The fourth-order valence-corrected chi connectivity index (χ4v) is 4.15. The third-order valence-corrected chi connectivity index (χ3v) is 5.37. The minimum atomic E-state index is -0.428. The first-order chi connectivity index (χ1) is 10.8. The highest BCUT2D eigenvalue weighted by atomic mass is 35.5. The fourth-order valence-electron chi connectivity index (χ4n) is 4.15. The van der Waals surface area contributed by atoms with Crippen molar-refractivity contribution in [2.45, 2.75) is 37.3 Å². The van der Waals surface area contributed by atoms with Crippen molar-refractivity contribution >= 4 is 36.6 Å². The van der Waals surface area contributed by atoms with Crippen molar-refractivity contribution in [3.63, 3.8) is 0 Å². The number of para-hydroxylation sites is 1. The van der Waals surface area contributed by atoms with Crippen LogP contribution >= 0.6 is 24.8 Å². The summed E-state index contributed by atoms with van der Waals surface area (Å²) in [6, 6.07) is 8.74. The largest absolute Gasteiger partial charge is 0.438 e. The van der Waals surface area contributed by atoms with Gasteiger partial charge < -0.3 is 10.1 Å². The number of halogens is 2. The molecule has 134 valence electrons. The summed E-state index contributed by atoms with van der Waals surface area (Å²) in [6.07, 6.45) is 3.92. The zero-order valence-corrected chi connectivity index (χ0v) is 15.3. The number of hydrogen-bond donors (Lipinski definition) is 2. The molecule has 0 bridgehead atoms. The lowest BCUT2D eigenvalue weighted by Gasteiger charge is -2.46. The van der Waals surface area contributed by atoms with Crippen LogP contribution in [0, 0.1) is 0 Å². The molecule has 2 fully saturated rings. The summed E-state index contributed by atoms with van der Waals surface area (Å²) in [4.78, 5) is 14.5. The van der Waals surface area contributed by atoms with Gasteiger partial charge in [0.1, 0.15) is 5.60 Å². The minimum absolute atomic E-state index is 0. The van der Waals surface area contributed by atoms with Crippen molar-refractivity contribution in [3.8, 4) is 0 Å². The Hall–Kier alpha value is -1.01. The van der Waals surface area contributed by atoms with Gasteiger partial charge in [-0.2, -0.15) is 0 Å². The average molecular weight is 374 g/mol. The molecule has 3 heterocycles. The highest BCUT2D eigenvalue weighted by molar-refractivity contribution is 5.88. The smallest absolute Gasteiger partial charge is 0.412 e. The number of nitrogens with one attached hydrogen (secondary N) is 2. The Kier molecular flexibility index (Phi) is 6.37. The number of hydrogen-bond acceptors (Lipinski definition) is 4. The maximum atomic E-state index is 11.9. The number of ether oxygens (including phenoxy) is 1. The molecule has 0 unspecified atom stereocenters. The van der Waals surface area contributed by atoms with Gasteiger partial charge in [0, 0.05) is 37.5 Å². The second-order valence-corrected chi connectivity index (χ2v) is 6.57. The summed E-state index contributed by atoms with van der Waals surface area (Å²) in [5.41, 5.74) is 1.62. The highest BCUT2D eigenvalue weighted by Crippen LogP contribution is 2.43. The molecular weight excluding hydrogens is 349 g/mol. The van der Waals surface area contributed by atoms with Gasteiger partial charge in [-0.15, -0.1) is 24.8 Å². The third-order valence-electron chi connectivity index (χ3n) is 5.37. The number of fused-ring (bicyclic) bond motifs is 2. The van der Waals surface area contributed by atoms with Crippen LogP contribution in [0.15, 0.2) is 24.3 Å². The molecular formula is C17H25Cl2N3O2. The lowest BCUT2D eigenvalue weighted by atomic mass is 9.81. The Bertz CT molecular complexity index is 571. The van der Waals surface area contributed by atoms with E-state index in [0.717, 1.165) is 50.3 Å². The molecule has 0 atom stereocenters. The fraction of sp³-hybridized carbons (Fsp3) is 0.588. The maximum Gasteiger partial charge on any atom is 0.412 e. The van der Waals surface area contributed by atoms with E-state index in [1.165, 1.54) is 12.8 Å². The van der Waals surface area contributed by atoms with E-state index in [1.807, 2.05) is 18.2 Å². The van der Waals surface area contributed by atoms with Gasteiger partial charge in [-0.05, 0) is 32.0 Å². The monoisotopic (exact) mass is 373 g/mol. The van der Waals surface area contributed by atoms with Crippen molar-refractivity contribution < 1.29 is 9.53 Å². The Morgan fingerprint density at radius 3 is 2.46 bits per heavy atom. The number of likely N-dealkylation sites (tertiary alicyclic amines) is 1. The van der Waals surface area contributed by atoms with Crippen LogP contribution in [0.25, 0.3) is 0 Å². The number of carbonyl (C=O) groups is 1. The van der Waals surface area contributed by atoms with E-state index in [0.29, 0.717) is 6.04 Å². The highest BCUT2D eigenvalue weighted by Gasteiger charge is 2.45. The molecule has 1 aromatic carbocycles. The van der Waals surface area contributed by atoms with Gasteiger partial charge in [0.15, 0.2) is 0 Å². The Morgan fingerprint density at radius 1 is 1.08 bits per heavy atom. The van der Waals surface area contributed by atoms with Gasteiger partial charge in [0.25, 0.3) is 0 Å². The summed E-state index contributed by atoms with van der Waals surface area (Å²) >= 11 is 0. The molecule has 24 heavy (non-hydrogen) atoms. The second-order valence-electron chi connectivity index (χ2n) is 6.57. The lowest BCUT2D eigenvalue weighted by molar-refractivity contribution is -0.0479. The Balaban J connectivity index is 0.00000104. The molecule has 7 heteroatoms. The first-order valence-electron chi connectivity index (χ1n) is 8.31. The molecule has 5 nitrogen and oxygen atoms in total. The van der Waals surface area contributed by atoms with E-state index in [9.17, 15) is 4.79 Å². The molecule has 2 N–H and O–H groups in total. The van der Waals surface area contributed by atoms with Crippen LogP contribution in [-0.4, -0.2) is 43.2 Å². The molecule has 0 aliphatic carbocycles. The zero-order valence-electron chi connectivity index (χ0n) is 13.6. The quantitative estimate of drug-likeness (QED) is 0.793. The number of benzene rings is 1. The van der Waals surface area contributed by atoms with Crippen LogP contribution in [0.2, 0.25) is 0 Å². The molecule has 1 aromatic rings. The van der Waals surface area contributed by atoms with Gasteiger partial charge in [0.05, 0.1) is 5.69 Å². The molecule has 0 saturated carbocycles. The molecule has 3 aliphatic rings. The summed E-state index contributed by atoms with van der Waals surface area (Å²) in [5, 5.41) is 6.25. The molecule has 1 amide bonds. The van der Waals surface area contributed by atoms with Gasteiger partial charge in [0.2, 0.25) is 0 Å². The van der Waals surface area contributed by atoms with Crippen molar-refractivity contribution in [2.75, 3.05) is 31.5 Å². The van der Waals surface area contributed by atoms with Crippen LogP contribution in [-0.2, 0) is 10.3 Å². The molecule has 0 radical (unpaired) electrons. The van der Waals surface area contributed by atoms with E-state index >= 15 is 0 Å². The SMILES string of the molecule is Cl.Cl.O=C1Nc2ccccc2C2(CCN(C3CCNCC3)CC2)O1. The maximum absolute atomic E-state index is 11.9. The predicted octanol–water partition coefficient (Wildman–Crippen LogP) is 3.14. The van der Waals surface area contributed by atoms with E-state index < -0.39 is 5.60 Å². The topological polar surface area (TPSA) is 53.6 Å². The second kappa shape index (κ2) is 7.91. The predicted molar refractivity (Wildman–Crippen MR) is 99.4 cm³/mol. The number of piperidine rings is 2. The first-order valence-corrected chi connectivity index (χ1v) is 8.31. The number of nitrogens with zero attached hydrogens (tertiary/aromatic N) is 1. The molecule has 0 aromatic heterocycles. The van der Waals surface area contributed by atoms with Crippen molar-refractivity contribution in [1.29, 1.82) is 0 Å². The molecule has 2 saturated heterocycles. The average Bonchev–Trinajstić information content (AvgIpc) is 2.56. The summed E-state index contributed by atoms with van der Waals surface area (Å²) in [7, 11) is 0. The van der Waals surface area contributed by atoms with Crippen LogP contribution in [0.4, 0.5) is 10.5 Å². The Morgan fingerprint density at radius 2 is 1.75 bits per heavy atom. The summed E-state index contributed by atoms with van der Waals surface area (Å²) in [6.45, 7) is 4.25. The lowest BCUT2D eigenvalue weighted by Crippen LogP contribution is -2.52. The third kappa shape index (κ3) is 3.49. The number of carbonyl (C=O) groups excluding carboxylic acids is 1.